The third-order valence-corrected chi connectivity index (χ3v) is 3.74. The first-order chi connectivity index (χ1) is 10.5. The Balaban J connectivity index is 1.89. The maximum atomic E-state index is 13.1. The van der Waals surface area contributed by atoms with Crippen molar-refractivity contribution >= 4 is 23.4 Å². The number of amides is 2. The smallest absolute Gasteiger partial charge is 0.260 e. The fraction of sp³-hybridized carbons (Fsp3) is 0.467. The molecule has 1 aromatic carbocycles. The summed E-state index contributed by atoms with van der Waals surface area (Å²) in [5, 5.41) is 3.07. The van der Waals surface area contributed by atoms with E-state index in [-0.39, 0.29) is 35.2 Å². The molecule has 22 heavy (non-hydrogen) atoms. The summed E-state index contributed by atoms with van der Waals surface area (Å²) in [4.78, 5) is 24.9. The van der Waals surface area contributed by atoms with E-state index in [2.05, 4.69) is 5.32 Å². The molecule has 1 aromatic rings. The van der Waals surface area contributed by atoms with Crippen LogP contribution in [0.25, 0.3) is 0 Å². The number of nitrogens with one attached hydrogen (secondary N) is 1. The third-order valence-electron chi connectivity index (χ3n) is 3.43. The summed E-state index contributed by atoms with van der Waals surface area (Å²) in [6.07, 6.45) is 1.66. The Morgan fingerprint density at radius 2 is 2.27 bits per heavy atom. The van der Waals surface area contributed by atoms with E-state index in [1.54, 1.807) is 4.90 Å². The fourth-order valence-electron chi connectivity index (χ4n) is 2.43. The van der Waals surface area contributed by atoms with Crippen LogP contribution in [-0.2, 0) is 9.59 Å². The van der Waals surface area contributed by atoms with Crippen molar-refractivity contribution in [1.82, 2.24) is 10.2 Å². The van der Waals surface area contributed by atoms with E-state index in [1.807, 2.05) is 0 Å². The summed E-state index contributed by atoms with van der Waals surface area (Å²) >= 11 is 5.88. The summed E-state index contributed by atoms with van der Waals surface area (Å²) < 4.78 is 18.4. The quantitative estimate of drug-likeness (QED) is 0.919. The van der Waals surface area contributed by atoms with Gasteiger partial charge >= 0.3 is 0 Å². The molecular formula is C15H18ClFN2O3. The Morgan fingerprint density at radius 3 is 3.00 bits per heavy atom. The molecule has 0 aromatic heterocycles. The van der Waals surface area contributed by atoms with Crippen LogP contribution in [0.3, 0.4) is 0 Å². The summed E-state index contributed by atoms with van der Waals surface area (Å²) in [5.74, 6) is -0.654. The van der Waals surface area contributed by atoms with Crippen LogP contribution in [-0.4, -0.2) is 42.5 Å². The van der Waals surface area contributed by atoms with Crippen molar-refractivity contribution in [2.75, 3.05) is 19.7 Å². The molecule has 0 radical (unpaired) electrons. The number of halogens is 2. The number of piperidine rings is 1. The predicted octanol–water partition coefficient (Wildman–Crippen LogP) is 1.98. The van der Waals surface area contributed by atoms with Gasteiger partial charge in [0.25, 0.3) is 5.91 Å². The zero-order valence-electron chi connectivity index (χ0n) is 12.3. The van der Waals surface area contributed by atoms with Crippen molar-refractivity contribution in [3.63, 3.8) is 0 Å². The molecule has 2 amide bonds. The van der Waals surface area contributed by atoms with E-state index in [0.717, 1.165) is 18.9 Å². The van der Waals surface area contributed by atoms with Crippen LogP contribution in [0.2, 0.25) is 5.02 Å². The van der Waals surface area contributed by atoms with E-state index in [0.29, 0.717) is 13.1 Å². The number of nitrogens with zero attached hydrogens (tertiary/aromatic N) is 1. The van der Waals surface area contributed by atoms with Gasteiger partial charge in [-0.1, -0.05) is 11.6 Å². The first kappa shape index (κ1) is 16.5. The first-order valence-corrected chi connectivity index (χ1v) is 7.46. The van der Waals surface area contributed by atoms with Crippen molar-refractivity contribution in [3.8, 4) is 5.75 Å². The number of hydrogen-bond donors (Lipinski definition) is 1. The van der Waals surface area contributed by atoms with E-state index in [9.17, 15) is 14.0 Å². The zero-order valence-corrected chi connectivity index (χ0v) is 13.0. The number of ether oxygens (including phenoxy) is 1. The number of benzene rings is 1. The Labute approximate surface area is 133 Å². The predicted molar refractivity (Wildman–Crippen MR) is 80.3 cm³/mol. The molecule has 1 aliphatic rings. The van der Waals surface area contributed by atoms with E-state index < -0.39 is 5.82 Å². The highest BCUT2D eigenvalue weighted by Crippen LogP contribution is 2.25. The van der Waals surface area contributed by atoms with Crippen LogP contribution in [0.1, 0.15) is 19.8 Å². The van der Waals surface area contributed by atoms with Crippen LogP contribution < -0.4 is 10.1 Å². The SMILES string of the molecule is CC(=O)NC1CCCN(C(=O)COc2cc(F)ccc2Cl)C1. The fourth-order valence-corrected chi connectivity index (χ4v) is 2.60. The highest BCUT2D eigenvalue weighted by molar-refractivity contribution is 6.32. The second-order valence-electron chi connectivity index (χ2n) is 5.24. The molecule has 120 valence electrons. The molecule has 1 atom stereocenters. The van der Waals surface area contributed by atoms with Crippen LogP contribution >= 0.6 is 11.6 Å². The number of likely N-dealkylation sites (tertiary alicyclic amines) is 1. The van der Waals surface area contributed by atoms with Crippen molar-refractivity contribution in [2.45, 2.75) is 25.8 Å². The maximum absolute atomic E-state index is 13.1. The molecule has 5 nitrogen and oxygen atoms in total. The van der Waals surface area contributed by atoms with Gasteiger partial charge in [-0.05, 0) is 25.0 Å². The third kappa shape index (κ3) is 4.59. The largest absolute Gasteiger partial charge is 0.482 e. The van der Waals surface area contributed by atoms with Gasteiger partial charge in [0, 0.05) is 32.1 Å². The van der Waals surface area contributed by atoms with Crippen molar-refractivity contribution in [2.24, 2.45) is 0 Å². The van der Waals surface area contributed by atoms with Crippen molar-refractivity contribution < 1.29 is 18.7 Å². The summed E-state index contributed by atoms with van der Waals surface area (Å²) in [6, 6.07) is 3.71. The molecule has 1 saturated heterocycles. The number of carbonyl (C=O) groups excluding carboxylic acids is 2. The molecular weight excluding hydrogens is 311 g/mol. The van der Waals surface area contributed by atoms with Gasteiger partial charge < -0.3 is 15.0 Å². The summed E-state index contributed by atoms with van der Waals surface area (Å²) in [6.45, 7) is 2.32. The molecule has 1 N–H and O–H groups in total. The van der Waals surface area contributed by atoms with Gasteiger partial charge in [0.05, 0.1) is 5.02 Å². The number of rotatable bonds is 4. The Kier molecular flexibility index (Phi) is 5.60. The van der Waals surface area contributed by atoms with Gasteiger partial charge in [0.1, 0.15) is 11.6 Å². The minimum Gasteiger partial charge on any atom is -0.482 e. The van der Waals surface area contributed by atoms with Crippen molar-refractivity contribution in [1.29, 1.82) is 0 Å². The van der Waals surface area contributed by atoms with Gasteiger partial charge in [-0.2, -0.15) is 0 Å². The van der Waals surface area contributed by atoms with Gasteiger partial charge in [0.2, 0.25) is 5.91 Å². The van der Waals surface area contributed by atoms with Gasteiger partial charge in [-0.3, -0.25) is 9.59 Å². The average molecular weight is 329 g/mol. The molecule has 7 heteroatoms. The normalized spacial score (nSPS) is 18.0. The van der Waals surface area contributed by atoms with E-state index >= 15 is 0 Å². The van der Waals surface area contributed by atoms with Gasteiger partial charge in [-0.15, -0.1) is 0 Å². The molecule has 0 bridgehead atoms. The van der Waals surface area contributed by atoms with E-state index in [4.69, 9.17) is 16.3 Å². The molecule has 1 unspecified atom stereocenters. The molecule has 1 aliphatic heterocycles. The summed E-state index contributed by atoms with van der Waals surface area (Å²) in [5.41, 5.74) is 0. The van der Waals surface area contributed by atoms with Gasteiger partial charge in [0.15, 0.2) is 6.61 Å². The number of hydrogen-bond acceptors (Lipinski definition) is 3. The highest BCUT2D eigenvalue weighted by atomic mass is 35.5. The van der Waals surface area contributed by atoms with Crippen LogP contribution in [0.5, 0.6) is 5.75 Å². The molecule has 0 aliphatic carbocycles. The molecule has 1 heterocycles. The Morgan fingerprint density at radius 1 is 1.50 bits per heavy atom. The lowest BCUT2D eigenvalue weighted by atomic mass is 10.1. The second kappa shape index (κ2) is 7.45. The summed E-state index contributed by atoms with van der Waals surface area (Å²) in [7, 11) is 0. The minimum atomic E-state index is -0.476. The average Bonchev–Trinajstić information content (AvgIpc) is 2.47. The lowest BCUT2D eigenvalue weighted by molar-refractivity contribution is -0.135. The monoisotopic (exact) mass is 328 g/mol. The van der Waals surface area contributed by atoms with Crippen LogP contribution in [0.15, 0.2) is 18.2 Å². The Bertz CT molecular complexity index is 568. The highest BCUT2D eigenvalue weighted by Gasteiger charge is 2.24. The van der Waals surface area contributed by atoms with Gasteiger partial charge in [-0.25, -0.2) is 4.39 Å². The molecule has 1 fully saturated rings. The van der Waals surface area contributed by atoms with Crippen LogP contribution in [0, 0.1) is 5.82 Å². The van der Waals surface area contributed by atoms with E-state index in [1.165, 1.54) is 19.1 Å². The lowest BCUT2D eigenvalue weighted by Gasteiger charge is -2.32. The first-order valence-electron chi connectivity index (χ1n) is 7.08. The minimum absolute atomic E-state index is 0.0343. The molecule has 2 rings (SSSR count). The standard InChI is InChI=1S/C15H18ClFN2O3/c1-10(20)18-12-3-2-6-19(8-12)15(21)9-22-14-7-11(17)4-5-13(14)16/h4-5,7,12H,2-3,6,8-9H2,1H3,(H,18,20). The van der Waals surface area contributed by atoms with Crippen molar-refractivity contribution in [3.05, 3.63) is 29.0 Å². The van der Waals surface area contributed by atoms with Crippen LogP contribution in [0.4, 0.5) is 4.39 Å². The maximum Gasteiger partial charge on any atom is 0.260 e. The second-order valence-corrected chi connectivity index (χ2v) is 5.65. The zero-order chi connectivity index (χ0) is 16.1. The molecule has 0 saturated carbocycles. The molecule has 0 spiro atoms. The number of carbonyl (C=O) groups is 2. The topological polar surface area (TPSA) is 58.6 Å². The lowest BCUT2D eigenvalue weighted by Crippen LogP contribution is -2.50. The Hall–Kier alpha value is -1.82.